The minimum atomic E-state index is -0.469. The molecule has 130 valence electrons. The Hall–Kier alpha value is -2.11. The van der Waals surface area contributed by atoms with Gasteiger partial charge in [-0.05, 0) is 57.4 Å². The van der Waals surface area contributed by atoms with Gasteiger partial charge < -0.3 is 9.47 Å². The Labute approximate surface area is 158 Å². The molecule has 6 heteroatoms. The van der Waals surface area contributed by atoms with Gasteiger partial charge in [-0.3, -0.25) is 0 Å². The molecule has 0 unspecified atom stereocenters. The molecule has 0 aliphatic carbocycles. The fourth-order valence-corrected chi connectivity index (χ4v) is 2.89. The fourth-order valence-electron chi connectivity index (χ4n) is 1.90. The van der Waals surface area contributed by atoms with Gasteiger partial charge in [-0.2, -0.15) is 0 Å². The number of carbonyl (C=O) groups is 1. The molecule has 0 aliphatic rings. The molecule has 0 radical (unpaired) electrons. The summed E-state index contributed by atoms with van der Waals surface area (Å²) in [5.41, 5.74) is 1.53. The molecule has 0 bridgehead atoms. The molecule has 3 nitrogen and oxygen atoms in total. The summed E-state index contributed by atoms with van der Waals surface area (Å²) in [5.74, 6) is -0.299. The monoisotopic (exact) mass is 424 g/mol. The molecule has 2 rings (SSSR count). The lowest BCUT2D eigenvalue weighted by Crippen LogP contribution is -1.99. The summed E-state index contributed by atoms with van der Waals surface area (Å²) in [7, 11) is 0. The summed E-state index contributed by atoms with van der Waals surface area (Å²) < 4.78 is 24.1. The van der Waals surface area contributed by atoms with Crippen LogP contribution in [-0.2, 0) is 16.1 Å². The largest absolute Gasteiger partial charge is 0.486 e. The quantitative estimate of drug-likeness (QED) is 0.331. The molecule has 0 aliphatic heterocycles. The summed E-state index contributed by atoms with van der Waals surface area (Å²) in [6, 6.07) is 9.46. The third kappa shape index (κ3) is 6.03. The number of hydrogen-bond acceptors (Lipinski definition) is 3. The lowest BCUT2D eigenvalue weighted by atomic mass is 10.2. The van der Waals surface area contributed by atoms with Gasteiger partial charge in [0, 0.05) is 6.08 Å². The van der Waals surface area contributed by atoms with Gasteiger partial charge in [0.2, 0.25) is 0 Å². The maximum absolute atomic E-state index is 12.9. The molecule has 0 aromatic heterocycles. The van der Waals surface area contributed by atoms with Gasteiger partial charge in [-0.25, -0.2) is 9.18 Å². The highest BCUT2D eigenvalue weighted by atomic mass is 79.9. The Morgan fingerprint density at radius 3 is 2.64 bits per heavy atom. The number of benzene rings is 2. The van der Waals surface area contributed by atoms with E-state index in [1.54, 1.807) is 30.3 Å². The minimum absolute atomic E-state index is 0.157. The molecule has 0 heterocycles. The number of rotatable bonds is 7. The molecule has 0 saturated heterocycles. The van der Waals surface area contributed by atoms with E-state index in [0.717, 1.165) is 5.56 Å². The lowest BCUT2D eigenvalue weighted by molar-refractivity contribution is -0.136. The van der Waals surface area contributed by atoms with Crippen LogP contribution in [0.3, 0.4) is 0 Å². The first kappa shape index (κ1) is 19.2. The van der Waals surface area contributed by atoms with Gasteiger partial charge in [0.25, 0.3) is 0 Å². The number of halogens is 3. The van der Waals surface area contributed by atoms with E-state index in [-0.39, 0.29) is 19.0 Å². The van der Waals surface area contributed by atoms with Gasteiger partial charge in [0.15, 0.2) is 5.75 Å². The minimum Gasteiger partial charge on any atom is -0.486 e. The van der Waals surface area contributed by atoms with Gasteiger partial charge in [-0.15, -0.1) is 0 Å². The fraction of sp³-hybridized carbons (Fsp3) is 0.105. The number of carbonyl (C=O) groups excluding carboxylic acids is 1. The second kappa shape index (κ2) is 9.39. The van der Waals surface area contributed by atoms with Crippen LogP contribution in [0.15, 0.2) is 59.6 Å². The van der Waals surface area contributed by atoms with Crippen molar-refractivity contribution >= 4 is 39.6 Å². The van der Waals surface area contributed by atoms with Crippen LogP contribution < -0.4 is 4.74 Å². The van der Waals surface area contributed by atoms with E-state index in [9.17, 15) is 9.18 Å². The molecule has 0 fully saturated rings. The first-order valence-electron chi connectivity index (χ1n) is 7.31. The molecule has 0 N–H and O–H groups in total. The summed E-state index contributed by atoms with van der Waals surface area (Å²) in [6.45, 7) is 3.88. The Bertz CT molecular complexity index is 765. The Morgan fingerprint density at radius 2 is 2.00 bits per heavy atom. The van der Waals surface area contributed by atoms with Gasteiger partial charge >= 0.3 is 5.97 Å². The maximum atomic E-state index is 12.9. The molecule has 0 amide bonds. The zero-order valence-electron chi connectivity index (χ0n) is 13.2. The number of esters is 1. The third-order valence-corrected chi connectivity index (χ3v) is 3.94. The molecule has 0 spiro atoms. The molecule has 2 aromatic rings. The third-order valence-electron chi connectivity index (χ3n) is 3.07. The zero-order chi connectivity index (χ0) is 18.2. The predicted molar refractivity (Wildman–Crippen MR) is 100 cm³/mol. The van der Waals surface area contributed by atoms with Gasteiger partial charge in [-0.1, -0.05) is 36.4 Å². The first-order chi connectivity index (χ1) is 12.0. The van der Waals surface area contributed by atoms with Crippen LogP contribution in [-0.4, -0.2) is 12.6 Å². The van der Waals surface area contributed by atoms with Crippen molar-refractivity contribution in [2.45, 2.75) is 6.61 Å². The predicted octanol–water partition coefficient (Wildman–Crippen LogP) is 5.56. The summed E-state index contributed by atoms with van der Waals surface area (Å²) in [6.07, 6.45) is 4.39. The van der Waals surface area contributed by atoms with E-state index in [4.69, 9.17) is 21.1 Å². The van der Waals surface area contributed by atoms with Crippen molar-refractivity contribution in [2.75, 3.05) is 6.61 Å². The molecule has 0 atom stereocenters. The number of hydrogen-bond donors (Lipinski definition) is 0. The average Bonchev–Trinajstić information content (AvgIpc) is 2.59. The van der Waals surface area contributed by atoms with Crippen LogP contribution in [0.5, 0.6) is 5.75 Å². The highest BCUT2D eigenvalue weighted by Crippen LogP contribution is 2.35. The summed E-state index contributed by atoms with van der Waals surface area (Å²) >= 11 is 9.65. The normalized spacial score (nSPS) is 10.7. The average molecular weight is 426 g/mol. The maximum Gasteiger partial charge on any atom is 0.331 e. The van der Waals surface area contributed by atoms with E-state index in [1.807, 2.05) is 0 Å². The second-order valence-corrected chi connectivity index (χ2v) is 6.24. The van der Waals surface area contributed by atoms with Crippen LogP contribution >= 0.6 is 27.5 Å². The van der Waals surface area contributed by atoms with Crippen molar-refractivity contribution in [3.8, 4) is 5.75 Å². The number of ether oxygens (including phenoxy) is 2. The van der Waals surface area contributed by atoms with E-state index in [0.29, 0.717) is 20.8 Å². The SMILES string of the molecule is C=CCOC(=O)/C=C/c1cc(Cl)c(OCc2ccc(F)cc2)c(Br)c1. The van der Waals surface area contributed by atoms with Crippen molar-refractivity contribution in [3.05, 3.63) is 81.6 Å². The molecule has 2 aromatic carbocycles. The summed E-state index contributed by atoms with van der Waals surface area (Å²) in [4.78, 5) is 11.4. The smallest absolute Gasteiger partial charge is 0.331 e. The van der Waals surface area contributed by atoms with Crippen LogP contribution in [0.25, 0.3) is 6.08 Å². The van der Waals surface area contributed by atoms with Gasteiger partial charge in [0.05, 0.1) is 9.50 Å². The highest BCUT2D eigenvalue weighted by molar-refractivity contribution is 9.10. The standard InChI is InChI=1S/C19H15BrClFO3/c1-2-9-24-18(23)8-5-14-10-16(20)19(17(21)11-14)25-12-13-3-6-15(22)7-4-13/h2-8,10-11H,1,9,12H2/b8-5+. The van der Waals surface area contributed by atoms with Crippen molar-refractivity contribution in [2.24, 2.45) is 0 Å². The zero-order valence-corrected chi connectivity index (χ0v) is 15.5. The molecular formula is C19H15BrClFO3. The Balaban J connectivity index is 2.06. The van der Waals surface area contributed by atoms with E-state index >= 15 is 0 Å². The van der Waals surface area contributed by atoms with Crippen molar-refractivity contribution < 1.29 is 18.7 Å². The van der Waals surface area contributed by atoms with Crippen molar-refractivity contribution in [3.63, 3.8) is 0 Å². The van der Waals surface area contributed by atoms with Crippen LogP contribution in [0, 0.1) is 5.82 Å². The Kier molecular flexibility index (Phi) is 7.22. The van der Waals surface area contributed by atoms with Crippen molar-refractivity contribution in [1.29, 1.82) is 0 Å². The lowest BCUT2D eigenvalue weighted by Gasteiger charge is -2.11. The molecule has 0 saturated carbocycles. The van der Waals surface area contributed by atoms with Crippen LogP contribution in [0.2, 0.25) is 5.02 Å². The first-order valence-corrected chi connectivity index (χ1v) is 8.48. The highest BCUT2D eigenvalue weighted by Gasteiger charge is 2.09. The van der Waals surface area contributed by atoms with Crippen molar-refractivity contribution in [1.82, 2.24) is 0 Å². The second-order valence-electron chi connectivity index (χ2n) is 4.98. The summed E-state index contributed by atoms with van der Waals surface area (Å²) in [5, 5.41) is 0.385. The van der Waals surface area contributed by atoms with E-state index in [2.05, 4.69) is 22.5 Å². The van der Waals surface area contributed by atoms with Crippen LogP contribution in [0.1, 0.15) is 11.1 Å². The van der Waals surface area contributed by atoms with Crippen LogP contribution in [0.4, 0.5) is 4.39 Å². The Morgan fingerprint density at radius 1 is 1.28 bits per heavy atom. The molecule has 25 heavy (non-hydrogen) atoms. The molecular weight excluding hydrogens is 411 g/mol. The van der Waals surface area contributed by atoms with Gasteiger partial charge in [0.1, 0.15) is 19.0 Å². The topological polar surface area (TPSA) is 35.5 Å². The van der Waals surface area contributed by atoms with E-state index in [1.165, 1.54) is 24.3 Å². The van der Waals surface area contributed by atoms with E-state index < -0.39 is 5.97 Å².